The molecular formula is C14H21NO3. The highest BCUT2D eigenvalue weighted by molar-refractivity contribution is 5.29. The van der Waals surface area contributed by atoms with Gasteiger partial charge in [-0.1, -0.05) is 12.1 Å². The summed E-state index contributed by atoms with van der Waals surface area (Å²) < 4.78 is 11.2. The van der Waals surface area contributed by atoms with Crippen molar-refractivity contribution in [3.8, 4) is 5.75 Å². The molecule has 4 heteroatoms. The Balaban J connectivity index is 1.97. The van der Waals surface area contributed by atoms with Crippen molar-refractivity contribution in [3.63, 3.8) is 0 Å². The molecule has 1 aromatic carbocycles. The Labute approximate surface area is 108 Å². The molecule has 1 fully saturated rings. The fraction of sp³-hybridized carbons (Fsp3) is 0.571. The summed E-state index contributed by atoms with van der Waals surface area (Å²) in [4.78, 5) is 2.23. The number of hydrogen-bond donors (Lipinski definition) is 1. The zero-order valence-corrected chi connectivity index (χ0v) is 10.8. The molecule has 0 aromatic heterocycles. The number of ether oxygens (including phenoxy) is 2. The van der Waals surface area contributed by atoms with E-state index in [1.807, 2.05) is 19.1 Å². The standard InChI is InChI=1S/C14H21NO3/c1-2-17-13-5-3-12(4-6-13)14-11-15(7-9-16)8-10-18-14/h3-6,14,16H,2,7-11H2,1H3. The molecule has 1 N–H and O–H groups in total. The van der Waals surface area contributed by atoms with E-state index in [2.05, 4.69) is 17.0 Å². The van der Waals surface area contributed by atoms with Crippen molar-refractivity contribution in [1.29, 1.82) is 0 Å². The number of β-amino-alcohol motifs (C(OH)–C–C–N with tert-alkyl or cyclic N) is 1. The van der Waals surface area contributed by atoms with Crippen LogP contribution in [0.2, 0.25) is 0 Å². The quantitative estimate of drug-likeness (QED) is 0.860. The molecule has 0 radical (unpaired) electrons. The molecule has 1 heterocycles. The fourth-order valence-corrected chi connectivity index (χ4v) is 2.19. The van der Waals surface area contributed by atoms with Crippen LogP contribution in [0.15, 0.2) is 24.3 Å². The third kappa shape index (κ3) is 3.45. The van der Waals surface area contributed by atoms with E-state index in [-0.39, 0.29) is 12.7 Å². The van der Waals surface area contributed by atoms with Crippen LogP contribution < -0.4 is 4.74 Å². The Bertz CT molecular complexity index is 351. The number of morpholine rings is 1. The molecule has 1 unspecified atom stereocenters. The number of aliphatic hydroxyl groups is 1. The van der Waals surface area contributed by atoms with E-state index >= 15 is 0 Å². The first-order valence-corrected chi connectivity index (χ1v) is 6.51. The predicted molar refractivity (Wildman–Crippen MR) is 69.8 cm³/mol. The van der Waals surface area contributed by atoms with E-state index in [9.17, 15) is 0 Å². The fourth-order valence-electron chi connectivity index (χ4n) is 2.19. The summed E-state index contributed by atoms with van der Waals surface area (Å²) in [6, 6.07) is 8.07. The van der Waals surface area contributed by atoms with Crippen LogP contribution in [-0.2, 0) is 4.74 Å². The molecule has 0 amide bonds. The van der Waals surface area contributed by atoms with Crippen molar-refractivity contribution in [2.75, 3.05) is 39.5 Å². The SMILES string of the molecule is CCOc1ccc(C2CN(CCO)CCO2)cc1. The predicted octanol–water partition coefficient (Wildman–Crippen LogP) is 1.45. The van der Waals surface area contributed by atoms with E-state index in [4.69, 9.17) is 14.6 Å². The summed E-state index contributed by atoms with van der Waals surface area (Å²) in [5.74, 6) is 0.893. The van der Waals surface area contributed by atoms with Gasteiger partial charge in [-0.3, -0.25) is 4.90 Å². The minimum atomic E-state index is 0.0981. The third-order valence-electron chi connectivity index (χ3n) is 3.13. The number of rotatable bonds is 5. The van der Waals surface area contributed by atoms with Crippen molar-refractivity contribution in [1.82, 2.24) is 4.90 Å². The molecule has 2 rings (SSSR count). The van der Waals surface area contributed by atoms with E-state index in [0.29, 0.717) is 6.61 Å². The highest BCUT2D eigenvalue weighted by Crippen LogP contribution is 2.24. The van der Waals surface area contributed by atoms with Crippen LogP contribution in [-0.4, -0.2) is 49.5 Å². The normalized spacial score (nSPS) is 20.9. The number of nitrogens with zero attached hydrogens (tertiary/aromatic N) is 1. The Morgan fingerprint density at radius 3 is 2.83 bits per heavy atom. The van der Waals surface area contributed by atoms with Crippen molar-refractivity contribution >= 4 is 0 Å². The molecule has 0 aliphatic carbocycles. The molecule has 4 nitrogen and oxygen atoms in total. The first-order chi connectivity index (χ1) is 8.83. The van der Waals surface area contributed by atoms with Crippen LogP contribution in [0.25, 0.3) is 0 Å². The van der Waals surface area contributed by atoms with E-state index in [1.165, 1.54) is 5.56 Å². The average molecular weight is 251 g/mol. The minimum absolute atomic E-state index is 0.0981. The zero-order valence-electron chi connectivity index (χ0n) is 10.8. The molecule has 1 aromatic rings. The summed E-state index contributed by atoms with van der Waals surface area (Å²) in [5, 5.41) is 8.97. The Kier molecular flexibility index (Phi) is 4.99. The molecule has 1 saturated heterocycles. The second kappa shape index (κ2) is 6.73. The molecule has 18 heavy (non-hydrogen) atoms. The number of aliphatic hydroxyl groups excluding tert-OH is 1. The highest BCUT2D eigenvalue weighted by Gasteiger charge is 2.21. The third-order valence-corrected chi connectivity index (χ3v) is 3.13. The molecule has 100 valence electrons. The maximum atomic E-state index is 8.97. The number of benzene rings is 1. The van der Waals surface area contributed by atoms with Crippen molar-refractivity contribution < 1.29 is 14.6 Å². The van der Waals surface area contributed by atoms with E-state index < -0.39 is 0 Å². The van der Waals surface area contributed by atoms with Crippen LogP contribution in [0.1, 0.15) is 18.6 Å². The topological polar surface area (TPSA) is 41.9 Å². The molecule has 0 bridgehead atoms. The van der Waals surface area contributed by atoms with Crippen LogP contribution in [0, 0.1) is 0 Å². The number of hydrogen-bond acceptors (Lipinski definition) is 4. The van der Waals surface area contributed by atoms with Gasteiger partial charge in [-0.15, -0.1) is 0 Å². The average Bonchev–Trinajstić information content (AvgIpc) is 2.41. The van der Waals surface area contributed by atoms with E-state index in [0.717, 1.165) is 32.0 Å². The second-order valence-corrected chi connectivity index (χ2v) is 4.39. The lowest BCUT2D eigenvalue weighted by molar-refractivity contribution is -0.0338. The first kappa shape index (κ1) is 13.3. The minimum Gasteiger partial charge on any atom is -0.494 e. The van der Waals surface area contributed by atoms with Gasteiger partial charge in [0.25, 0.3) is 0 Å². The zero-order chi connectivity index (χ0) is 12.8. The van der Waals surface area contributed by atoms with Crippen LogP contribution in [0.3, 0.4) is 0 Å². The molecule has 1 aliphatic rings. The van der Waals surface area contributed by atoms with Gasteiger partial charge in [0.1, 0.15) is 5.75 Å². The summed E-state index contributed by atoms with van der Waals surface area (Å²) in [7, 11) is 0. The van der Waals surface area contributed by atoms with Gasteiger partial charge in [-0.2, -0.15) is 0 Å². The van der Waals surface area contributed by atoms with Gasteiger partial charge in [-0.25, -0.2) is 0 Å². The van der Waals surface area contributed by atoms with Crippen LogP contribution in [0.5, 0.6) is 5.75 Å². The van der Waals surface area contributed by atoms with Gasteiger partial charge in [-0.05, 0) is 24.6 Å². The Morgan fingerprint density at radius 2 is 2.17 bits per heavy atom. The van der Waals surface area contributed by atoms with Gasteiger partial charge in [0.15, 0.2) is 0 Å². The molecule has 1 aliphatic heterocycles. The smallest absolute Gasteiger partial charge is 0.119 e. The lowest BCUT2D eigenvalue weighted by atomic mass is 10.1. The second-order valence-electron chi connectivity index (χ2n) is 4.39. The van der Waals surface area contributed by atoms with Crippen LogP contribution in [0.4, 0.5) is 0 Å². The van der Waals surface area contributed by atoms with Gasteiger partial charge < -0.3 is 14.6 Å². The van der Waals surface area contributed by atoms with E-state index in [1.54, 1.807) is 0 Å². The van der Waals surface area contributed by atoms with Gasteiger partial charge in [0.2, 0.25) is 0 Å². The van der Waals surface area contributed by atoms with Gasteiger partial charge in [0.05, 0.1) is 25.9 Å². The lowest BCUT2D eigenvalue weighted by Crippen LogP contribution is -2.39. The summed E-state index contributed by atoms with van der Waals surface area (Å²) in [6.45, 7) is 6.04. The van der Waals surface area contributed by atoms with Crippen molar-refractivity contribution in [3.05, 3.63) is 29.8 Å². The van der Waals surface area contributed by atoms with Crippen molar-refractivity contribution in [2.45, 2.75) is 13.0 Å². The largest absolute Gasteiger partial charge is 0.494 e. The first-order valence-electron chi connectivity index (χ1n) is 6.51. The monoisotopic (exact) mass is 251 g/mol. The summed E-state index contributed by atoms with van der Waals surface area (Å²) in [5.41, 5.74) is 1.17. The maximum absolute atomic E-state index is 8.97. The Hall–Kier alpha value is -1.10. The lowest BCUT2D eigenvalue weighted by Gasteiger charge is -2.32. The van der Waals surface area contributed by atoms with Crippen molar-refractivity contribution in [2.24, 2.45) is 0 Å². The van der Waals surface area contributed by atoms with Gasteiger partial charge in [0, 0.05) is 19.6 Å². The maximum Gasteiger partial charge on any atom is 0.119 e. The summed E-state index contributed by atoms with van der Waals surface area (Å²) >= 11 is 0. The van der Waals surface area contributed by atoms with Crippen LogP contribution >= 0.6 is 0 Å². The highest BCUT2D eigenvalue weighted by atomic mass is 16.5. The van der Waals surface area contributed by atoms with Gasteiger partial charge >= 0.3 is 0 Å². The molecule has 0 saturated carbocycles. The molecule has 1 atom stereocenters. The summed E-state index contributed by atoms with van der Waals surface area (Å²) in [6.07, 6.45) is 0.0981. The Morgan fingerprint density at radius 1 is 1.39 bits per heavy atom. The molecule has 0 spiro atoms. The molecular weight excluding hydrogens is 230 g/mol.